The van der Waals surface area contributed by atoms with Crippen molar-refractivity contribution in [3.05, 3.63) is 28.1 Å². The Morgan fingerprint density at radius 3 is 3.00 bits per heavy atom. The van der Waals surface area contributed by atoms with E-state index in [4.69, 9.17) is 16.3 Å². The lowest BCUT2D eigenvalue weighted by molar-refractivity contribution is 0.392. The fourth-order valence-electron chi connectivity index (χ4n) is 1.18. The second kappa shape index (κ2) is 3.20. The fraction of sp³-hybridized carbons (Fsp3) is 0.125. The Kier molecular flexibility index (Phi) is 2.17. The van der Waals surface area contributed by atoms with Gasteiger partial charge in [0, 0.05) is 6.07 Å². The molecule has 0 N–H and O–H groups in total. The van der Waals surface area contributed by atoms with Gasteiger partial charge in [0.05, 0.1) is 12.1 Å². The monoisotopic (exact) mass is 260 g/mol. The summed E-state index contributed by atoms with van der Waals surface area (Å²) < 4.78 is 7.64. The molecule has 2 rings (SSSR count). The minimum atomic E-state index is 0.644. The third kappa shape index (κ3) is 1.30. The molecule has 68 valence electrons. The van der Waals surface area contributed by atoms with Crippen LogP contribution < -0.4 is 4.74 Å². The molecular weight excluding hydrogens is 255 g/mol. The third-order valence-electron chi connectivity index (χ3n) is 1.77. The van der Waals surface area contributed by atoms with E-state index < -0.39 is 0 Å². The van der Waals surface area contributed by atoms with E-state index in [2.05, 4.69) is 20.9 Å². The zero-order valence-corrected chi connectivity index (χ0v) is 9.13. The lowest BCUT2D eigenvalue weighted by Crippen LogP contribution is -1.92. The van der Waals surface area contributed by atoms with Crippen LogP contribution in [0.3, 0.4) is 0 Å². The minimum Gasteiger partial charge on any atom is -0.482 e. The highest BCUT2D eigenvalue weighted by Crippen LogP contribution is 2.28. The van der Waals surface area contributed by atoms with Gasteiger partial charge >= 0.3 is 0 Å². The van der Waals surface area contributed by atoms with Crippen LogP contribution in [0.4, 0.5) is 0 Å². The maximum atomic E-state index is 5.99. The average molecular weight is 262 g/mol. The van der Waals surface area contributed by atoms with E-state index in [1.165, 1.54) is 0 Å². The van der Waals surface area contributed by atoms with E-state index >= 15 is 0 Å². The van der Waals surface area contributed by atoms with Crippen molar-refractivity contribution in [3.8, 4) is 5.88 Å². The molecule has 13 heavy (non-hydrogen) atoms. The summed E-state index contributed by atoms with van der Waals surface area (Å²) in [7, 11) is 1.61. The van der Waals surface area contributed by atoms with Crippen LogP contribution >= 0.6 is 27.5 Å². The summed E-state index contributed by atoms with van der Waals surface area (Å²) in [6, 6.07) is 3.58. The van der Waals surface area contributed by atoms with Gasteiger partial charge in [-0.05, 0) is 22.0 Å². The Morgan fingerprint density at radius 2 is 2.31 bits per heavy atom. The summed E-state index contributed by atoms with van der Waals surface area (Å²) in [4.78, 5) is 4.08. The second-order valence-electron chi connectivity index (χ2n) is 2.48. The molecule has 5 heteroatoms. The number of methoxy groups -OCH3 is 1. The number of rotatable bonds is 1. The first-order valence-corrected chi connectivity index (χ1v) is 4.76. The lowest BCUT2D eigenvalue weighted by atomic mass is 10.4. The van der Waals surface area contributed by atoms with Crippen LogP contribution in [0.1, 0.15) is 0 Å². The molecule has 0 saturated heterocycles. The largest absolute Gasteiger partial charge is 0.482 e. The highest BCUT2D eigenvalue weighted by molar-refractivity contribution is 9.10. The molecule has 0 aliphatic heterocycles. The van der Waals surface area contributed by atoms with Crippen LogP contribution in [0, 0.1) is 0 Å². The molecule has 3 nitrogen and oxygen atoms in total. The first-order valence-electron chi connectivity index (χ1n) is 3.59. The smallest absolute Gasteiger partial charge is 0.199 e. The SMILES string of the molecule is COc1ccc(Cl)c2c(Br)ncn12. The summed E-state index contributed by atoms with van der Waals surface area (Å²) in [5.41, 5.74) is 0.820. The number of nitrogens with zero attached hydrogens (tertiary/aromatic N) is 2. The summed E-state index contributed by atoms with van der Waals surface area (Å²) in [6.45, 7) is 0. The molecule has 0 aliphatic rings. The average Bonchev–Trinajstić information content (AvgIpc) is 2.50. The van der Waals surface area contributed by atoms with Crippen LogP contribution in [-0.4, -0.2) is 16.5 Å². The molecule has 0 fully saturated rings. The summed E-state index contributed by atoms with van der Waals surface area (Å²) in [6.07, 6.45) is 1.66. The number of aromatic nitrogens is 2. The lowest BCUT2D eigenvalue weighted by Gasteiger charge is -2.04. The molecule has 0 radical (unpaired) electrons. The molecule has 2 aromatic heterocycles. The highest BCUT2D eigenvalue weighted by Gasteiger charge is 2.08. The molecule has 2 aromatic rings. The Balaban J connectivity index is 2.87. The summed E-state index contributed by atoms with van der Waals surface area (Å²) in [5, 5.41) is 0.644. The van der Waals surface area contributed by atoms with Crippen LogP contribution in [0.15, 0.2) is 23.1 Å². The Bertz CT molecular complexity index is 455. The topological polar surface area (TPSA) is 26.5 Å². The molecule has 0 spiro atoms. The second-order valence-corrected chi connectivity index (χ2v) is 3.64. The number of ether oxygens (including phenoxy) is 1. The molecule has 0 amide bonds. The predicted molar refractivity (Wildman–Crippen MR) is 54.5 cm³/mol. The van der Waals surface area contributed by atoms with Gasteiger partial charge < -0.3 is 4.74 Å². The van der Waals surface area contributed by atoms with E-state index in [0.29, 0.717) is 10.9 Å². The summed E-state index contributed by atoms with van der Waals surface area (Å²) >= 11 is 9.30. The van der Waals surface area contributed by atoms with E-state index in [0.717, 1.165) is 10.1 Å². The van der Waals surface area contributed by atoms with E-state index in [-0.39, 0.29) is 0 Å². The van der Waals surface area contributed by atoms with E-state index in [1.807, 2.05) is 0 Å². The predicted octanol–water partition coefficient (Wildman–Crippen LogP) is 2.76. The fourth-order valence-corrected chi connectivity index (χ4v) is 2.03. The molecule has 0 saturated carbocycles. The van der Waals surface area contributed by atoms with Gasteiger partial charge in [0.1, 0.15) is 16.4 Å². The Hall–Kier alpha value is -0.740. The number of halogens is 2. The number of hydrogen-bond acceptors (Lipinski definition) is 2. The third-order valence-corrected chi connectivity index (χ3v) is 2.65. The Morgan fingerprint density at radius 1 is 1.54 bits per heavy atom. The standard InChI is InChI=1S/C8H6BrClN2O/c1-13-6-3-2-5(10)7-8(9)11-4-12(6)7/h2-4H,1H3. The van der Waals surface area contributed by atoms with E-state index in [1.54, 1.807) is 30.0 Å². The van der Waals surface area contributed by atoms with Crippen LogP contribution in [0.5, 0.6) is 5.88 Å². The van der Waals surface area contributed by atoms with Gasteiger partial charge in [-0.1, -0.05) is 11.6 Å². The van der Waals surface area contributed by atoms with Gasteiger partial charge in [-0.25, -0.2) is 4.98 Å². The molecule has 0 atom stereocenters. The van der Waals surface area contributed by atoms with Gasteiger partial charge in [0.15, 0.2) is 5.88 Å². The maximum Gasteiger partial charge on any atom is 0.199 e. The molecular formula is C8H6BrClN2O. The first kappa shape index (κ1) is 8.84. The molecule has 0 aliphatic carbocycles. The number of pyridine rings is 1. The van der Waals surface area contributed by atoms with Crippen molar-refractivity contribution in [2.24, 2.45) is 0 Å². The van der Waals surface area contributed by atoms with Crippen molar-refractivity contribution in [1.29, 1.82) is 0 Å². The van der Waals surface area contributed by atoms with Crippen molar-refractivity contribution in [3.63, 3.8) is 0 Å². The van der Waals surface area contributed by atoms with Crippen LogP contribution in [0.2, 0.25) is 5.02 Å². The summed E-state index contributed by atoms with van der Waals surface area (Å²) in [5.74, 6) is 0.706. The maximum absolute atomic E-state index is 5.99. The quantitative estimate of drug-likeness (QED) is 0.789. The van der Waals surface area contributed by atoms with E-state index in [9.17, 15) is 0 Å². The van der Waals surface area contributed by atoms with Crippen molar-refractivity contribution in [2.75, 3.05) is 7.11 Å². The van der Waals surface area contributed by atoms with Crippen LogP contribution in [0.25, 0.3) is 5.52 Å². The van der Waals surface area contributed by atoms with Gasteiger partial charge in [-0.2, -0.15) is 0 Å². The van der Waals surface area contributed by atoms with Gasteiger partial charge in [0.25, 0.3) is 0 Å². The van der Waals surface area contributed by atoms with Crippen LogP contribution in [-0.2, 0) is 0 Å². The van der Waals surface area contributed by atoms with Gasteiger partial charge in [-0.3, -0.25) is 4.40 Å². The molecule has 0 aromatic carbocycles. The first-order chi connectivity index (χ1) is 6.24. The molecule has 0 bridgehead atoms. The highest BCUT2D eigenvalue weighted by atomic mass is 79.9. The zero-order chi connectivity index (χ0) is 9.42. The van der Waals surface area contributed by atoms with Crippen molar-refractivity contribution in [2.45, 2.75) is 0 Å². The Labute approximate surface area is 88.4 Å². The number of fused-ring (bicyclic) bond motifs is 1. The van der Waals surface area contributed by atoms with Crippen molar-refractivity contribution >= 4 is 33.0 Å². The van der Waals surface area contributed by atoms with Crippen molar-refractivity contribution < 1.29 is 4.74 Å². The molecule has 2 heterocycles. The molecule has 0 unspecified atom stereocenters. The number of imidazole rings is 1. The zero-order valence-electron chi connectivity index (χ0n) is 6.79. The van der Waals surface area contributed by atoms with Gasteiger partial charge in [-0.15, -0.1) is 0 Å². The number of hydrogen-bond donors (Lipinski definition) is 0. The van der Waals surface area contributed by atoms with Gasteiger partial charge in [0.2, 0.25) is 0 Å². The van der Waals surface area contributed by atoms with Crippen molar-refractivity contribution in [1.82, 2.24) is 9.38 Å². The minimum absolute atomic E-state index is 0.644. The normalized spacial score (nSPS) is 10.7.